The van der Waals surface area contributed by atoms with Crippen LogP contribution in [-0.4, -0.2) is 52.1 Å². The SMILES string of the molecule is COC1CCN(C(=O)CCNS(=O)(=O)c2cccc(Cl)c2)CC1. The Morgan fingerprint density at radius 1 is 1.39 bits per heavy atom. The first kappa shape index (κ1) is 18.2. The summed E-state index contributed by atoms with van der Waals surface area (Å²) >= 11 is 5.80. The smallest absolute Gasteiger partial charge is 0.240 e. The minimum absolute atomic E-state index is 0.0478. The molecule has 8 heteroatoms. The number of carbonyl (C=O) groups excluding carboxylic acids is 1. The fourth-order valence-electron chi connectivity index (χ4n) is 2.51. The van der Waals surface area contributed by atoms with Gasteiger partial charge in [0.2, 0.25) is 15.9 Å². The maximum atomic E-state index is 12.1. The number of hydrogen-bond donors (Lipinski definition) is 1. The van der Waals surface area contributed by atoms with Crippen molar-refractivity contribution in [1.29, 1.82) is 0 Å². The Hall–Kier alpha value is -1.15. The van der Waals surface area contributed by atoms with Gasteiger partial charge < -0.3 is 9.64 Å². The number of ether oxygens (including phenoxy) is 1. The first-order valence-electron chi connectivity index (χ1n) is 7.48. The summed E-state index contributed by atoms with van der Waals surface area (Å²) in [5.41, 5.74) is 0. The molecule has 1 saturated heterocycles. The number of hydrogen-bond acceptors (Lipinski definition) is 4. The van der Waals surface area contributed by atoms with Gasteiger partial charge in [0.05, 0.1) is 11.0 Å². The van der Waals surface area contributed by atoms with E-state index in [-0.39, 0.29) is 29.9 Å². The van der Waals surface area contributed by atoms with Crippen molar-refractivity contribution < 1.29 is 17.9 Å². The third-order valence-electron chi connectivity index (χ3n) is 3.87. The number of rotatable bonds is 6. The Morgan fingerprint density at radius 2 is 2.09 bits per heavy atom. The van der Waals surface area contributed by atoms with Crippen LogP contribution < -0.4 is 4.72 Å². The molecule has 2 rings (SSSR count). The van der Waals surface area contributed by atoms with E-state index >= 15 is 0 Å². The van der Waals surface area contributed by atoms with Crippen LogP contribution in [0.4, 0.5) is 0 Å². The van der Waals surface area contributed by atoms with Crippen molar-refractivity contribution in [3.63, 3.8) is 0 Å². The summed E-state index contributed by atoms with van der Waals surface area (Å²) < 4.78 is 31.9. The lowest BCUT2D eigenvalue weighted by atomic mass is 10.1. The van der Waals surface area contributed by atoms with Gasteiger partial charge in [0.25, 0.3) is 0 Å². The van der Waals surface area contributed by atoms with Crippen molar-refractivity contribution in [2.45, 2.75) is 30.3 Å². The van der Waals surface area contributed by atoms with Gasteiger partial charge in [-0.3, -0.25) is 4.79 Å². The van der Waals surface area contributed by atoms with Crippen molar-refractivity contribution in [2.24, 2.45) is 0 Å². The molecule has 1 N–H and O–H groups in total. The van der Waals surface area contributed by atoms with Gasteiger partial charge in [0, 0.05) is 38.2 Å². The normalized spacial score (nSPS) is 16.5. The highest BCUT2D eigenvalue weighted by molar-refractivity contribution is 7.89. The lowest BCUT2D eigenvalue weighted by molar-refractivity contribution is -0.133. The second-order valence-electron chi connectivity index (χ2n) is 5.42. The van der Waals surface area contributed by atoms with Crippen LogP contribution in [0.2, 0.25) is 5.02 Å². The molecule has 128 valence electrons. The topological polar surface area (TPSA) is 75.7 Å². The molecule has 0 unspecified atom stereocenters. The number of piperidine rings is 1. The lowest BCUT2D eigenvalue weighted by Crippen LogP contribution is -2.41. The van der Waals surface area contributed by atoms with Gasteiger partial charge in [0.15, 0.2) is 0 Å². The van der Waals surface area contributed by atoms with Crippen LogP contribution >= 0.6 is 11.6 Å². The Labute approximate surface area is 141 Å². The fraction of sp³-hybridized carbons (Fsp3) is 0.533. The van der Waals surface area contributed by atoms with Gasteiger partial charge in [-0.2, -0.15) is 0 Å². The maximum absolute atomic E-state index is 12.1. The van der Waals surface area contributed by atoms with Crippen LogP contribution in [0.5, 0.6) is 0 Å². The largest absolute Gasteiger partial charge is 0.381 e. The summed E-state index contributed by atoms with van der Waals surface area (Å²) in [6.45, 7) is 1.37. The molecule has 6 nitrogen and oxygen atoms in total. The summed E-state index contributed by atoms with van der Waals surface area (Å²) in [6.07, 6.45) is 1.98. The minimum atomic E-state index is -3.65. The summed E-state index contributed by atoms with van der Waals surface area (Å²) in [5.74, 6) is -0.0478. The molecule has 1 aliphatic rings. The number of nitrogens with zero attached hydrogens (tertiary/aromatic N) is 1. The Kier molecular flexibility index (Phi) is 6.41. The first-order chi connectivity index (χ1) is 10.9. The Balaban J connectivity index is 1.81. The van der Waals surface area contributed by atoms with Crippen molar-refractivity contribution >= 4 is 27.5 Å². The number of nitrogens with one attached hydrogen (secondary N) is 1. The maximum Gasteiger partial charge on any atom is 0.240 e. The minimum Gasteiger partial charge on any atom is -0.381 e. The molecule has 1 aliphatic heterocycles. The number of benzene rings is 1. The highest BCUT2D eigenvalue weighted by Gasteiger charge is 2.22. The van der Waals surface area contributed by atoms with E-state index in [2.05, 4.69) is 4.72 Å². The van der Waals surface area contributed by atoms with E-state index in [0.717, 1.165) is 12.8 Å². The molecule has 1 aromatic rings. The van der Waals surface area contributed by atoms with Gasteiger partial charge in [-0.1, -0.05) is 17.7 Å². The Bertz CT molecular complexity index is 643. The number of halogens is 1. The molecule has 1 aromatic carbocycles. The standard InChI is InChI=1S/C15H21ClN2O4S/c1-22-13-6-9-18(10-7-13)15(19)5-8-17-23(20,21)14-4-2-3-12(16)11-14/h2-4,11,13,17H,5-10H2,1H3. The Morgan fingerprint density at radius 3 is 2.70 bits per heavy atom. The monoisotopic (exact) mass is 360 g/mol. The second-order valence-corrected chi connectivity index (χ2v) is 7.62. The number of likely N-dealkylation sites (tertiary alicyclic amines) is 1. The summed E-state index contributed by atoms with van der Waals surface area (Å²) in [7, 11) is -1.97. The van der Waals surface area contributed by atoms with Crippen LogP contribution in [0.1, 0.15) is 19.3 Å². The quantitative estimate of drug-likeness (QED) is 0.836. The molecule has 0 atom stereocenters. The second kappa shape index (κ2) is 8.10. The number of methoxy groups -OCH3 is 1. The van der Waals surface area contributed by atoms with Crippen LogP contribution in [0.25, 0.3) is 0 Å². The number of amides is 1. The van der Waals surface area contributed by atoms with Crippen molar-refractivity contribution in [3.8, 4) is 0 Å². The summed E-state index contributed by atoms with van der Waals surface area (Å²) in [6, 6.07) is 6.02. The van der Waals surface area contributed by atoms with Crippen molar-refractivity contribution in [1.82, 2.24) is 9.62 Å². The zero-order valence-corrected chi connectivity index (χ0v) is 14.6. The van der Waals surface area contributed by atoms with Gasteiger partial charge in [-0.25, -0.2) is 13.1 Å². The van der Waals surface area contributed by atoms with E-state index in [0.29, 0.717) is 18.1 Å². The van der Waals surface area contributed by atoms with Crippen molar-refractivity contribution in [3.05, 3.63) is 29.3 Å². The molecule has 0 bridgehead atoms. The molecular formula is C15H21ClN2O4S. The van der Waals surface area contributed by atoms with Crippen LogP contribution in [0, 0.1) is 0 Å². The first-order valence-corrected chi connectivity index (χ1v) is 9.34. The molecule has 23 heavy (non-hydrogen) atoms. The van der Waals surface area contributed by atoms with Crippen LogP contribution in [0.15, 0.2) is 29.2 Å². The summed E-state index contributed by atoms with van der Waals surface area (Å²) in [4.78, 5) is 13.9. The summed E-state index contributed by atoms with van der Waals surface area (Å²) in [5, 5.41) is 0.352. The van der Waals surface area contributed by atoms with Gasteiger partial charge >= 0.3 is 0 Å². The number of carbonyl (C=O) groups is 1. The van der Waals surface area contributed by atoms with Gasteiger partial charge in [-0.15, -0.1) is 0 Å². The van der Waals surface area contributed by atoms with E-state index < -0.39 is 10.0 Å². The molecular weight excluding hydrogens is 340 g/mol. The highest BCUT2D eigenvalue weighted by Crippen LogP contribution is 2.16. The van der Waals surface area contributed by atoms with Gasteiger partial charge in [0.1, 0.15) is 0 Å². The van der Waals surface area contributed by atoms with E-state index in [1.54, 1.807) is 24.1 Å². The third kappa shape index (κ3) is 5.17. The van der Waals surface area contributed by atoms with Crippen molar-refractivity contribution in [2.75, 3.05) is 26.7 Å². The van der Waals surface area contributed by atoms with E-state index in [9.17, 15) is 13.2 Å². The molecule has 0 aromatic heterocycles. The average molecular weight is 361 g/mol. The van der Waals surface area contributed by atoms with E-state index in [1.165, 1.54) is 12.1 Å². The molecule has 0 spiro atoms. The van der Waals surface area contributed by atoms with Crippen LogP contribution in [-0.2, 0) is 19.6 Å². The highest BCUT2D eigenvalue weighted by atomic mass is 35.5. The predicted octanol–water partition coefficient (Wildman–Crippen LogP) is 1.65. The molecule has 1 heterocycles. The molecule has 0 radical (unpaired) electrons. The third-order valence-corrected chi connectivity index (χ3v) is 5.56. The zero-order chi connectivity index (χ0) is 16.9. The average Bonchev–Trinajstić information content (AvgIpc) is 2.54. The molecule has 0 aliphatic carbocycles. The van der Waals surface area contributed by atoms with E-state index in [4.69, 9.17) is 16.3 Å². The van der Waals surface area contributed by atoms with Crippen LogP contribution in [0.3, 0.4) is 0 Å². The predicted molar refractivity (Wildman–Crippen MR) is 87.9 cm³/mol. The molecule has 0 saturated carbocycles. The molecule has 1 fully saturated rings. The zero-order valence-electron chi connectivity index (χ0n) is 13.0. The number of sulfonamides is 1. The lowest BCUT2D eigenvalue weighted by Gasteiger charge is -2.31. The van der Waals surface area contributed by atoms with Gasteiger partial charge in [-0.05, 0) is 31.0 Å². The van der Waals surface area contributed by atoms with E-state index in [1.807, 2.05) is 0 Å². The fourth-order valence-corrected chi connectivity index (χ4v) is 3.84. The molecule has 1 amide bonds.